The van der Waals surface area contributed by atoms with E-state index in [0.717, 1.165) is 42.3 Å². The molecular weight excluding hydrogens is 364 g/mol. The molecule has 5 rings (SSSR count). The maximum absolute atomic E-state index is 12.2. The first-order valence-electron chi connectivity index (χ1n) is 10.3. The average Bonchev–Trinajstić information content (AvgIpc) is 2.68. The number of hydrogen-bond donors (Lipinski definition) is 0. The summed E-state index contributed by atoms with van der Waals surface area (Å²) in [5, 5.41) is 4.54. The van der Waals surface area contributed by atoms with Crippen LogP contribution >= 0.6 is 0 Å². The van der Waals surface area contributed by atoms with E-state index in [1.807, 2.05) is 24.5 Å². The minimum Gasteiger partial charge on any atom is -0.298 e. The number of hydrogen-bond acceptors (Lipinski definition) is 6. The topological polar surface area (TPSA) is 76.8 Å². The summed E-state index contributed by atoms with van der Waals surface area (Å²) in [7, 11) is 0. The van der Waals surface area contributed by atoms with Crippen LogP contribution in [0.4, 0.5) is 0 Å². The monoisotopic (exact) mass is 388 g/mol. The van der Waals surface area contributed by atoms with Gasteiger partial charge in [0.2, 0.25) is 0 Å². The predicted octanol–water partition coefficient (Wildman–Crippen LogP) is 2.49. The van der Waals surface area contributed by atoms with Crippen molar-refractivity contribution in [2.24, 2.45) is 5.92 Å². The van der Waals surface area contributed by atoms with Crippen LogP contribution in [0.3, 0.4) is 0 Å². The largest absolute Gasteiger partial charge is 0.298 e. The van der Waals surface area contributed by atoms with Gasteiger partial charge in [0.25, 0.3) is 5.56 Å². The third kappa shape index (κ3) is 3.96. The Hall–Kier alpha value is -2.93. The van der Waals surface area contributed by atoms with Crippen molar-refractivity contribution in [3.8, 4) is 11.3 Å². The van der Waals surface area contributed by atoms with Crippen LogP contribution in [-0.4, -0.2) is 42.7 Å². The van der Waals surface area contributed by atoms with Gasteiger partial charge in [-0.15, -0.1) is 0 Å². The van der Waals surface area contributed by atoms with E-state index in [9.17, 15) is 4.79 Å². The van der Waals surface area contributed by atoms with Crippen molar-refractivity contribution in [3.05, 3.63) is 70.8 Å². The lowest BCUT2D eigenvalue weighted by Crippen LogP contribution is -2.48. The third-order valence-electron chi connectivity index (χ3n) is 5.89. The van der Waals surface area contributed by atoms with Crippen LogP contribution < -0.4 is 5.56 Å². The third-order valence-corrected chi connectivity index (χ3v) is 5.89. The summed E-state index contributed by atoms with van der Waals surface area (Å²) in [6, 6.07) is 7.18. The normalized spacial score (nSPS) is 17.7. The lowest BCUT2D eigenvalue weighted by Gasteiger charge is -2.39. The molecule has 3 aromatic rings. The Morgan fingerprint density at radius 3 is 2.55 bits per heavy atom. The van der Waals surface area contributed by atoms with E-state index in [0.29, 0.717) is 18.4 Å². The maximum atomic E-state index is 12.2. The fourth-order valence-electron chi connectivity index (χ4n) is 4.00. The van der Waals surface area contributed by atoms with Gasteiger partial charge in [-0.3, -0.25) is 14.7 Å². The number of likely N-dealkylation sites (tertiary alicyclic amines) is 1. The van der Waals surface area contributed by atoms with Gasteiger partial charge in [-0.05, 0) is 31.0 Å². The van der Waals surface area contributed by atoms with Gasteiger partial charge in [0.1, 0.15) is 5.82 Å². The SMILES string of the molecule is O=c1ccc(-c2cccnc2)nn1CC1CN(Cc2cnc(C3CCC3)nc2)C1. The van der Waals surface area contributed by atoms with Crippen molar-refractivity contribution in [2.45, 2.75) is 38.3 Å². The van der Waals surface area contributed by atoms with E-state index < -0.39 is 0 Å². The summed E-state index contributed by atoms with van der Waals surface area (Å²) in [5.74, 6) is 2.01. The highest BCUT2D eigenvalue weighted by atomic mass is 16.1. The molecule has 0 N–H and O–H groups in total. The number of rotatable bonds is 6. The molecule has 0 bridgehead atoms. The minimum absolute atomic E-state index is 0.0592. The fraction of sp³-hybridized carbons (Fsp3) is 0.409. The first kappa shape index (κ1) is 18.1. The second kappa shape index (κ2) is 7.83. The van der Waals surface area contributed by atoms with Crippen molar-refractivity contribution in [1.82, 2.24) is 29.6 Å². The summed E-state index contributed by atoms with van der Waals surface area (Å²) in [6.45, 7) is 3.41. The van der Waals surface area contributed by atoms with Gasteiger partial charge < -0.3 is 0 Å². The highest BCUT2D eigenvalue weighted by molar-refractivity contribution is 5.56. The van der Waals surface area contributed by atoms with Gasteiger partial charge in [0.05, 0.1) is 12.2 Å². The van der Waals surface area contributed by atoms with Crippen LogP contribution in [0.15, 0.2) is 53.8 Å². The van der Waals surface area contributed by atoms with Crippen LogP contribution in [0.1, 0.15) is 36.6 Å². The molecule has 0 aromatic carbocycles. The van der Waals surface area contributed by atoms with Crippen molar-refractivity contribution < 1.29 is 0 Å². The molecule has 0 atom stereocenters. The predicted molar refractivity (Wildman–Crippen MR) is 109 cm³/mol. The molecule has 29 heavy (non-hydrogen) atoms. The van der Waals surface area contributed by atoms with Crippen LogP contribution in [0.2, 0.25) is 0 Å². The first-order valence-corrected chi connectivity index (χ1v) is 10.3. The van der Waals surface area contributed by atoms with Gasteiger partial charge in [-0.1, -0.05) is 6.42 Å². The number of pyridine rings is 1. The highest BCUT2D eigenvalue weighted by Gasteiger charge is 2.28. The minimum atomic E-state index is -0.0592. The lowest BCUT2D eigenvalue weighted by atomic mass is 9.85. The maximum Gasteiger partial charge on any atom is 0.266 e. The molecule has 4 heterocycles. The Labute approximate surface area is 169 Å². The zero-order valence-electron chi connectivity index (χ0n) is 16.3. The molecule has 0 amide bonds. The van der Waals surface area contributed by atoms with Gasteiger partial charge in [0, 0.05) is 73.5 Å². The fourth-order valence-corrected chi connectivity index (χ4v) is 4.00. The Bertz CT molecular complexity index is 1020. The van der Waals surface area contributed by atoms with E-state index >= 15 is 0 Å². The van der Waals surface area contributed by atoms with E-state index in [-0.39, 0.29) is 5.56 Å². The van der Waals surface area contributed by atoms with Crippen LogP contribution in [0.5, 0.6) is 0 Å². The molecule has 1 aliphatic carbocycles. The van der Waals surface area contributed by atoms with Gasteiger partial charge in [0.15, 0.2) is 0 Å². The molecular formula is C22H24N6O. The molecule has 0 unspecified atom stereocenters. The molecule has 0 radical (unpaired) electrons. The van der Waals surface area contributed by atoms with Crippen molar-refractivity contribution in [1.29, 1.82) is 0 Å². The Morgan fingerprint density at radius 1 is 1.03 bits per heavy atom. The second-order valence-electron chi connectivity index (χ2n) is 8.12. The molecule has 7 nitrogen and oxygen atoms in total. The quantitative estimate of drug-likeness (QED) is 0.646. The Balaban J connectivity index is 1.17. The number of nitrogens with zero attached hydrogens (tertiary/aromatic N) is 6. The zero-order chi connectivity index (χ0) is 19.6. The molecule has 7 heteroatoms. The summed E-state index contributed by atoms with van der Waals surface area (Å²) in [5.41, 5.74) is 2.79. The molecule has 1 aliphatic heterocycles. The standard InChI is InChI=1S/C22H24N6O/c29-21-7-6-20(19-5-2-8-23-11-19)26-28(21)15-17-13-27(14-17)12-16-9-24-22(25-10-16)18-3-1-4-18/h2,5-11,17-18H,1,3-4,12-15H2. The molecule has 3 aromatic heterocycles. The molecule has 0 spiro atoms. The smallest absolute Gasteiger partial charge is 0.266 e. The van der Waals surface area contributed by atoms with Gasteiger partial charge >= 0.3 is 0 Å². The first-order chi connectivity index (χ1) is 14.2. The Kier molecular flexibility index (Phi) is 4.89. The average molecular weight is 388 g/mol. The zero-order valence-corrected chi connectivity index (χ0v) is 16.3. The summed E-state index contributed by atoms with van der Waals surface area (Å²) in [6.07, 6.45) is 11.2. The van der Waals surface area contributed by atoms with Crippen LogP contribution in [-0.2, 0) is 13.1 Å². The van der Waals surface area contributed by atoms with Gasteiger partial charge in [-0.25, -0.2) is 14.6 Å². The highest BCUT2D eigenvalue weighted by Crippen LogP contribution is 2.34. The van der Waals surface area contributed by atoms with E-state index in [2.05, 4.69) is 25.0 Å². The molecule has 2 fully saturated rings. The van der Waals surface area contributed by atoms with Crippen LogP contribution in [0, 0.1) is 5.92 Å². The van der Waals surface area contributed by atoms with Crippen molar-refractivity contribution in [2.75, 3.05) is 13.1 Å². The van der Waals surface area contributed by atoms with E-state index in [4.69, 9.17) is 0 Å². The molecule has 2 aliphatic rings. The second-order valence-corrected chi connectivity index (χ2v) is 8.12. The molecule has 1 saturated heterocycles. The van der Waals surface area contributed by atoms with E-state index in [1.54, 1.807) is 29.2 Å². The molecule has 1 saturated carbocycles. The summed E-state index contributed by atoms with van der Waals surface area (Å²) < 4.78 is 1.58. The summed E-state index contributed by atoms with van der Waals surface area (Å²) in [4.78, 5) is 27.8. The molecule has 148 valence electrons. The lowest BCUT2D eigenvalue weighted by molar-refractivity contribution is 0.0765. The summed E-state index contributed by atoms with van der Waals surface area (Å²) >= 11 is 0. The van der Waals surface area contributed by atoms with Gasteiger partial charge in [-0.2, -0.15) is 5.10 Å². The van der Waals surface area contributed by atoms with Crippen LogP contribution in [0.25, 0.3) is 11.3 Å². The number of aromatic nitrogens is 5. The van der Waals surface area contributed by atoms with Crippen molar-refractivity contribution in [3.63, 3.8) is 0 Å². The Morgan fingerprint density at radius 2 is 1.86 bits per heavy atom. The van der Waals surface area contributed by atoms with E-state index in [1.165, 1.54) is 19.3 Å². The van der Waals surface area contributed by atoms with Crippen molar-refractivity contribution >= 4 is 0 Å².